The molecule has 0 amide bonds. The van der Waals surface area contributed by atoms with Crippen molar-refractivity contribution in [3.8, 4) is 31.5 Å². The highest BCUT2D eigenvalue weighted by Crippen LogP contribution is 2.44. The molecular weight excluding hydrogens is 725 g/mol. The summed E-state index contributed by atoms with van der Waals surface area (Å²) in [6.07, 6.45) is 24.5. The average molecular weight is 785 g/mol. The molecule has 0 aliphatic carbocycles. The molecule has 1 aromatic carbocycles. The molecule has 0 radical (unpaired) electrons. The number of anilines is 1. The van der Waals surface area contributed by atoms with Crippen LogP contribution >= 0.6 is 45.7 Å². The summed E-state index contributed by atoms with van der Waals surface area (Å²) < 4.78 is 12.2. The zero-order valence-electron chi connectivity index (χ0n) is 32.6. The van der Waals surface area contributed by atoms with E-state index < -0.39 is 0 Å². The first kappa shape index (κ1) is 40.0. The number of rotatable bonds is 24. The lowest BCUT2D eigenvalue weighted by molar-refractivity contribution is 0.452. The maximum atomic E-state index is 5.02. The Morgan fingerprint density at radius 2 is 1.23 bits per heavy atom. The molecule has 5 heterocycles. The Labute approximate surface area is 335 Å². The molecule has 284 valence electrons. The van der Waals surface area contributed by atoms with Crippen LogP contribution in [0.25, 0.3) is 51.9 Å². The normalized spacial score (nSPS) is 12.4. The molecule has 1 unspecified atom stereocenters. The maximum Gasteiger partial charge on any atom is 0.132 e. The molecule has 4 nitrogen and oxygen atoms in total. The largest absolute Gasteiger partial charge is 0.372 e. The number of benzene rings is 1. The van der Waals surface area contributed by atoms with Crippen molar-refractivity contribution in [3.63, 3.8) is 0 Å². The number of hydrogen-bond donors (Lipinski definition) is 0. The van der Waals surface area contributed by atoms with E-state index in [0.29, 0.717) is 0 Å². The Kier molecular flexibility index (Phi) is 15.8. The Balaban J connectivity index is 1.13. The van der Waals surface area contributed by atoms with Gasteiger partial charge in [0, 0.05) is 54.6 Å². The van der Waals surface area contributed by atoms with E-state index >= 15 is 0 Å². The summed E-state index contributed by atoms with van der Waals surface area (Å²) >= 11 is 6.92. The van der Waals surface area contributed by atoms with Crippen LogP contribution in [-0.4, -0.2) is 26.8 Å². The monoisotopic (exact) mass is 784 g/mol. The van der Waals surface area contributed by atoms with Gasteiger partial charge >= 0.3 is 0 Å². The highest BCUT2D eigenvalue weighted by atomic mass is 32.1. The number of hydrogen-bond acceptors (Lipinski definition) is 8. The topological polar surface area (TPSA) is 41.9 Å². The summed E-state index contributed by atoms with van der Waals surface area (Å²) in [5.41, 5.74) is 6.65. The van der Waals surface area contributed by atoms with Crippen LogP contribution < -0.4 is 4.90 Å². The summed E-state index contributed by atoms with van der Waals surface area (Å²) in [6.45, 7) is 11.6. The molecule has 0 N–H and O–H groups in total. The van der Waals surface area contributed by atoms with Crippen LogP contribution in [0.2, 0.25) is 0 Å². The predicted molar refractivity (Wildman–Crippen MR) is 239 cm³/mol. The number of nitrogens with zero attached hydrogens (tertiary/aromatic N) is 4. The van der Waals surface area contributed by atoms with Gasteiger partial charge < -0.3 is 4.90 Å². The first-order valence-electron chi connectivity index (χ1n) is 20.7. The van der Waals surface area contributed by atoms with Crippen molar-refractivity contribution in [2.75, 3.05) is 18.0 Å². The maximum absolute atomic E-state index is 5.02. The minimum atomic E-state index is 0.759. The van der Waals surface area contributed by atoms with Gasteiger partial charge in [0.15, 0.2) is 0 Å². The molecule has 5 aromatic heterocycles. The van der Waals surface area contributed by atoms with E-state index in [1.165, 1.54) is 168 Å². The Hall–Kier alpha value is -2.65. The smallest absolute Gasteiger partial charge is 0.132 e. The van der Waals surface area contributed by atoms with Crippen LogP contribution in [0, 0.1) is 5.92 Å². The van der Waals surface area contributed by atoms with E-state index in [1.54, 1.807) is 0 Å². The molecule has 8 heteroatoms. The zero-order chi connectivity index (χ0) is 36.8. The van der Waals surface area contributed by atoms with E-state index in [-0.39, 0.29) is 0 Å². The molecule has 1 atom stereocenters. The van der Waals surface area contributed by atoms with Gasteiger partial charge in [-0.1, -0.05) is 130 Å². The fourth-order valence-electron chi connectivity index (χ4n) is 7.46. The highest BCUT2D eigenvalue weighted by molar-refractivity contribution is 7.31. The molecule has 0 saturated heterocycles. The van der Waals surface area contributed by atoms with E-state index in [9.17, 15) is 0 Å². The SMILES string of the molecule is CCCCCCCCN(CCCCCCCC)c1ccc(-c2cc3sc(-c4cnc(-c5ccc(CC(CC)CCCC)s5)c5nsnc45)cc3s2)cc1. The van der Waals surface area contributed by atoms with Crippen LogP contribution in [0.4, 0.5) is 5.69 Å². The molecule has 0 bridgehead atoms. The van der Waals surface area contributed by atoms with Gasteiger partial charge in [0.1, 0.15) is 16.7 Å². The van der Waals surface area contributed by atoms with Gasteiger partial charge in [0.25, 0.3) is 0 Å². The van der Waals surface area contributed by atoms with Crippen LogP contribution in [0.5, 0.6) is 0 Å². The van der Waals surface area contributed by atoms with Crippen molar-refractivity contribution >= 4 is 71.9 Å². The average Bonchev–Trinajstić information content (AvgIpc) is 4.00. The highest BCUT2D eigenvalue weighted by Gasteiger charge is 2.19. The number of pyridine rings is 1. The van der Waals surface area contributed by atoms with Gasteiger partial charge in [0.2, 0.25) is 0 Å². The molecule has 0 saturated carbocycles. The molecular formula is C45H60N4S4. The van der Waals surface area contributed by atoms with E-state index in [0.717, 1.165) is 34.6 Å². The second kappa shape index (κ2) is 20.9. The third kappa shape index (κ3) is 10.8. The molecule has 0 aliphatic heterocycles. The van der Waals surface area contributed by atoms with Crippen LogP contribution in [0.3, 0.4) is 0 Å². The van der Waals surface area contributed by atoms with Gasteiger partial charge in [0.05, 0.1) is 16.6 Å². The lowest BCUT2D eigenvalue weighted by atomic mass is 9.95. The van der Waals surface area contributed by atoms with Gasteiger partial charge in [-0.3, -0.25) is 4.98 Å². The molecule has 0 fully saturated rings. The molecule has 0 aliphatic rings. The fraction of sp³-hybridized carbons (Fsp3) is 0.533. The predicted octanol–water partition coefficient (Wildman–Crippen LogP) is 15.7. The first-order valence-corrected chi connectivity index (χ1v) is 23.9. The van der Waals surface area contributed by atoms with Crippen molar-refractivity contribution in [2.24, 2.45) is 5.92 Å². The van der Waals surface area contributed by atoms with Gasteiger partial charge in [-0.15, -0.1) is 34.0 Å². The Bertz CT molecular complexity index is 1900. The van der Waals surface area contributed by atoms with Crippen LogP contribution in [0.1, 0.15) is 135 Å². The summed E-state index contributed by atoms with van der Waals surface area (Å²) in [5.74, 6) is 0.759. The van der Waals surface area contributed by atoms with Gasteiger partial charge in [-0.25, -0.2) is 0 Å². The summed E-state index contributed by atoms with van der Waals surface area (Å²) in [5, 5.41) is 0. The van der Waals surface area contributed by atoms with Gasteiger partial charge in [-0.05, 0) is 67.1 Å². The van der Waals surface area contributed by atoms with Crippen molar-refractivity contribution in [1.29, 1.82) is 0 Å². The second-order valence-electron chi connectivity index (χ2n) is 14.9. The van der Waals surface area contributed by atoms with E-state index in [4.69, 9.17) is 13.7 Å². The van der Waals surface area contributed by atoms with Crippen molar-refractivity contribution < 1.29 is 0 Å². The lowest BCUT2D eigenvalue weighted by Gasteiger charge is -2.25. The van der Waals surface area contributed by atoms with Crippen molar-refractivity contribution in [2.45, 2.75) is 137 Å². The third-order valence-corrected chi connectivity index (χ3v) is 14.8. The van der Waals surface area contributed by atoms with Crippen LogP contribution in [0.15, 0.2) is 54.7 Å². The van der Waals surface area contributed by atoms with Crippen LogP contribution in [-0.2, 0) is 6.42 Å². The fourth-order valence-corrected chi connectivity index (χ4v) is 11.6. The lowest BCUT2D eigenvalue weighted by Crippen LogP contribution is -2.25. The number of thiophene rings is 3. The van der Waals surface area contributed by atoms with Gasteiger partial charge in [-0.2, -0.15) is 8.75 Å². The van der Waals surface area contributed by atoms with E-state index in [1.807, 2.05) is 40.2 Å². The minimum absolute atomic E-state index is 0.759. The molecule has 6 aromatic rings. The quantitative estimate of drug-likeness (QED) is 0.0573. The first-order chi connectivity index (χ1) is 26.1. The molecule has 0 spiro atoms. The van der Waals surface area contributed by atoms with Crippen molar-refractivity contribution in [1.82, 2.24) is 13.7 Å². The Morgan fingerprint density at radius 1 is 0.604 bits per heavy atom. The summed E-state index contributed by atoms with van der Waals surface area (Å²) in [6, 6.07) is 18.7. The van der Waals surface area contributed by atoms with Crippen molar-refractivity contribution in [3.05, 3.63) is 59.6 Å². The summed E-state index contributed by atoms with van der Waals surface area (Å²) in [4.78, 5) is 12.9. The zero-order valence-corrected chi connectivity index (χ0v) is 35.9. The number of aromatic nitrogens is 3. The number of fused-ring (bicyclic) bond motifs is 2. The number of unbranched alkanes of at least 4 members (excludes halogenated alkanes) is 11. The third-order valence-electron chi connectivity index (χ3n) is 10.8. The van der Waals surface area contributed by atoms with E-state index in [2.05, 4.69) is 81.1 Å². The molecule has 53 heavy (non-hydrogen) atoms. The standard InChI is InChI=1S/C45H60N4S4/c1-5-9-12-14-16-18-27-49(28-19-17-15-13-10-6-2)35-23-21-34(22-24-35)39-30-41-42(51-39)31-40(52-41)37-32-46-44(45-43(37)47-53-48-45)38-26-25-36(50-38)29-33(8-4)20-11-7-3/h21-26,30-33H,5-20,27-29H2,1-4H3. The molecule has 6 rings (SSSR count). The summed E-state index contributed by atoms with van der Waals surface area (Å²) in [7, 11) is 0. The second-order valence-corrected chi connectivity index (χ2v) is 18.8. The Morgan fingerprint density at radius 3 is 1.91 bits per heavy atom. The minimum Gasteiger partial charge on any atom is -0.372 e.